The number of carbonyl (C=O) groups is 2. The third-order valence-corrected chi connectivity index (χ3v) is 3.99. The standard InChI is InChI=1S/C15H17F2NO3/c16-11-4-3-10(7-12(11)17)8-13(19)18-9-15(14(20)21)5-1-2-6-15/h3-4,7H,1-2,5-6,8-9H2,(H,18,19)(H,20,21). The molecule has 4 nitrogen and oxygen atoms in total. The molecule has 1 saturated carbocycles. The SMILES string of the molecule is O=C(Cc1ccc(F)c(F)c1)NCC1(C(=O)O)CCCC1. The zero-order valence-corrected chi connectivity index (χ0v) is 11.5. The molecule has 2 N–H and O–H groups in total. The Labute approximate surface area is 121 Å². The first-order valence-corrected chi connectivity index (χ1v) is 6.87. The maximum absolute atomic E-state index is 13.0. The average molecular weight is 297 g/mol. The van der Waals surface area contributed by atoms with E-state index in [0.717, 1.165) is 25.0 Å². The summed E-state index contributed by atoms with van der Waals surface area (Å²) < 4.78 is 25.8. The van der Waals surface area contributed by atoms with Crippen molar-refractivity contribution in [2.24, 2.45) is 5.41 Å². The lowest BCUT2D eigenvalue weighted by atomic mass is 9.86. The van der Waals surface area contributed by atoms with E-state index in [9.17, 15) is 23.5 Å². The Balaban J connectivity index is 1.92. The van der Waals surface area contributed by atoms with Crippen molar-refractivity contribution >= 4 is 11.9 Å². The predicted octanol–water partition coefficient (Wildman–Crippen LogP) is 2.27. The van der Waals surface area contributed by atoms with Gasteiger partial charge in [-0.2, -0.15) is 0 Å². The number of benzene rings is 1. The summed E-state index contributed by atoms with van der Waals surface area (Å²) in [7, 11) is 0. The molecule has 0 heterocycles. The van der Waals surface area contributed by atoms with E-state index in [0.29, 0.717) is 18.4 Å². The molecule has 1 amide bonds. The van der Waals surface area contributed by atoms with Gasteiger partial charge in [-0.05, 0) is 30.5 Å². The lowest BCUT2D eigenvalue weighted by Crippen LogP contribution is -2.41. The van der Waals surface area contributed by atoms with Gasteiger partial charge in [-0.3, -0.25) is 9.59 Å². The summed E-state index contributed by atoms with van der Waals surface area (Å²) in [5.41, 5.74) is -0.536. The van der Waals surface area contributed by atoms with E-state index in [2.05, 4.69) is 5.32 Å². The van der Waals surface area contributed by atoms with Crippen LogP contribution in [-0.2, 0) is 16.0 Å². The minimum absolute atomic E-state index is 0.0742. The Morgan fingerprint density at radius 3 is 2.43 bits per heavy atom. The van der Waals surface area contributed by atoms with Crippen molar-refractivity contribution in [3.05, 3.63) is 35.4 Å². The van der Waals surface area contributed by atoms with Gasteiger partial charge in [0.15, 0.2) is 11.6 Å². The van der Waals surface area contributed by atoms with Gasteiger partial charge in [0.2, 0.25) is 5.91 Å². The van der Waals surface area contributed by atoms with Crippen molar-refractivity contribution in [1.82, 2.24) is 5.32 Å². The van der Waals surface area contributed by atoms with Crippen LogP contribution in [-0.4, -0.2) is 23.5 Å². The molecule has 0 aromatic heterocycles. The van der Waals surface area contributed by atoms with Crippen LogP contribution in [0.5, 0.6) is 0 Å². The molecular weight excluding hydrogens is 280 g/mol. The quantitative estimate of drug-likeness (QED) is 0.876. The summed E-state index contributed by atoms with van der Waals surface area (Å²) in [6.45, 7) is 0.0742. The highest BCUT2D eigenvalue weighted by Gasteiger charge is 2.41. The Hall–Kier alpha value is -1.98. The number of carboxylic acid groups (broad SMARTS) is 1. The van der Waals surface area contributed by atoms with Gasteiger partial charge in [-0.1, -0.05) is 18.9 Å². The molecule has 0 atom stereocenters. The molecule has 0 aliphatic heterocycles. The van der Waals surface area contributed by atoms with E-state index >= 15 is 0 Å². The molecule has 1 aromatic carbocycles. The predicted molar refractivity (Wildman–Crippen MR) is 71.6 cm³/mol. The lowest BCUT2D eigenvalue weighted by Gasteiger charge is -2.23. The summed E-state index contributed by atoms with van der Waals surface area (Å²) in [5, 5.41) is 11.9. The average Bonchev–Trinajstić information content (AvgIpc) is 2.91. The first-order valence-electron chi connectivity index (χ1n) is 6.87. The molecule has 0 spiro atoms. The largest absolute Gasteiger partial charge is 0.481 e. The monoisotopic (exact) mass is 297 g/mol. The number of amides is 1. The topological polar surface area (TPSA) is 66.4 Å². The molecule has 21 heavy (non-hydrogen) atoms. The molecule has 2 rings (SSSR count). The molecule has 1 aliphatic rings. The number of carbonyl (C=O) groups excluding carboxylic acids is 1. The minimum Gasteiger partial charge on any atom is -0.481 e. The van der Waals surface area contributed by atoms with Crippen LogP contribution in [0.3, 0.4) is 0 Å². The highest BCUT2D eigenvalue weighted by atomic mass is 19.2. The number of halogens is 2. The zero-order chi connectivity index (χ0) is 15.5. The van der Waals surface area contributed by atoms with E-state index in [4.69, 9.17) is 0 Å². The van der Waals surface area contributed by atoms with Crippen LogP contribution in [0.2, 0.25) is 0 Å². The normalized spacial score (nSPS) is 16.7. The maximum Gasteiger partial charge on any atom is 0.311 e. The molecular formula is C15H17F2NO3. The Morgan fingerprint density at radius 1 is 1.19 bits per heavy atom. The van der Waals surface area contributed by atoms with E-state index in [1.165, 1.54) is 6.07 Å². The van der Waals surface area contributed by atoms with Crippen LogP contribution in [0.15, 0.2) is 18.2 Å². The van der Waals surface area contributed by atoms with Gasteiger partial charge in [0.1, 0.15) is 0 Å². The number of nitrogens with one attached hydrogen (secondary N) is 1. The molecule has 6 heteroatoms. The fraction of sp³-hybridized carbons (Fsp3) is 0.467. The zero-order valence-electron chi connectivity index (χ0n) is 11.5. The smallest absolute Gasteiger partial charge is 0.311 e. The summed E-state index contributed by atoms with van der Waals surface area (Å²) in [6.07, 6.45) is 2.67. The van der Waals surface area contributed by atoms with Gasteiger partial charge in [-0.15, -0.1) is 0 Å². The van der Waals surface area contributed by atoms with Crippen LogP contribution < -0.4 is 5.32 Å². The van der Waals surface area contributed by atoms with Gasteiger partial charge in [0.25, 0.3) is 0 Å². The van der Waals surface area contributed by atoms with E-state index in [-0.39, 0.29) is 13.0 Å². The van der Waals surface area contributed by atoms with Gasteiger partial charge >= 0.3 is 5.97 Å². The summed E-state index contributed by atoms with van der Waals surface area (Å²) in [4.78, 5) is 23.1. The Morgan fingerprint density at radius 2 is 1.86 bits per heavy atom. The lowest BCUT2D eigenvalue weighted by molar-refractivity contribution is -0.148. The molecule has 1 aromatic rings. The Bertz CT molecular complexity index is 554. The first kappa shape index (κ1) is 15.4. The van der Waals surface area contributed by atoms with E-state index < -0.39 is 28.9 Å². The number of carboxylic acids is 1. The van der Waals surface area contributed by atoms with Crippen molar-refractivity contribution in [2.45, 2.75) is 32.1 Å². The maximum atomic E-state index is 13.0. The molecule has 0 radical (unpaired) electrons. The highest BCUT2D eigenvalue weighted by molar-refractivity contribution is 5.80. The molecule has 1 aliphatic carbocycles. The number of rotatable bonds is 5. The van der Waals surface area contributed by atoms with Crippen molar-refractivity contribution in [3.8, 4) is 0 Å². The third-order valence-electron chi connectivity index (χ3n) is 3.99. The second-order valence-corrected chi connectivity index (χ2v) is 5.49. The van der Waals surface area contributed by atoms with E-state index in [1.54, 1.807) is 0 Å². The summed E-state index contributed by atoms with van der Waals surface area (Å²) in [6, 6.07) is 3.27. The summed E-state index contributed by atoms with van der Waals surface area (Å²) >= 11 is 0. The summed E-state index contributed by atoms with van der Waals surface area (Å²) in [5.74, 6) is -3.25. The van der Waals surface area contributed by atoms with Gasteiger partial charge in [0, 0.05) is 6.54 Å². The number of aliphatic carboxylic acids is 1. The molecule has 114 valence electrons. The van der Waals surface area contributed by atoms with Crippen LogP contribution in [0.1, 0.15) is 31.2 Å². The van der Waals surface area contributed by atoms with Gasteiger partial charge < -0.3 is 10.4 Å². The Kier molecular flexibility index (Phi) is 4.55. The van der Waals surface area contributed by atoms with Crippen molar-refractivity contribution in [2.75, 3.05) is 6.54 Å². The molecule has 0 saturated heterocycles. The van der Waals surface area contributed by atoms with Crippen LogP contribution >= 0.6 is 0 Å². The third kappa shape index (κ3) is 3.56. The minimum atomic E-state index is -1.00. The first-order chi connectivity index (χ1) is 9.93. The highest BCUT2D eigenvalue weighted by Crippen LogP contribution is 2.37. The van der Waals surface area contributed by atoms with Crippen molar-refractivity contribution in [3.63, 3.8) is 0 Å². The van der Waals surface area contributed by atoms with Crippen molar-refractivity contribution in [1.29, 1.82) is 0 Å². The van der Waals surface area contributed by atoms with E-state index in [1.807, 2.05) is 0 Å². The van der Waals surface area contributed by atoms with Crippen LogP contribution in [0.25, 0.3) is 0 Å². The number of hydrogen-bond acceptors (Lipinski definition) is 2. The second-order valence-electron chi connectivity index (χ2n) is 5.49. The van der Waals surface area contributed by atoms with Gasteiger partial charge in [-0.25, -0.2) is 8.78 Å². The fourth-order valence-corrected chi connectivity index (χ4v) is 2.68. The fourth-order valence-electron chi connectivity index (χ4n) is 2.68. The molecule has 1 fully saturated rings. The molecule has 0 unspecified atom stereocenters. The van der Waals surface area contributed by atoms with Gasteiger partial charge in [0.05, 0.1) is 11.8 Å². The second kappa shape index (κ2) is 6.20. The van der Waals surface area contributed by atoms with Crippen molar-refractivity contribution < 1.29 is 23.5 Å². The van der Waals surface area contributed by atoms with Crippen LogP contribution in [0, 0.1) is 17.0 Å². The molecule has 0 bridgehead atoms. The number of hydrogen-bond donors (Lipinski definition) is 2. The van der Waals surface area contributed by atoms with Crippen LogP contribution in [0.4, 0.5) is 8.78 Å².